The fourth-order valence-electron chi connectivity index (χ4n) is 0.892. The second-order valence-corrected chi connectivity index (χ2v) is 6.16. The number of halogens is 1. The second-order valence-electron chi connectivity index (χ2n) is 3.21. The van der Waals surface area contributed by atoms with Crippen molar-refractivity contribution in [2.24, 2.45) is 4.36 Å². The molecule has 1 aromatic carbocycles. The third-order valence-electron chi connectivity index (χ3n) is 1.48. The smallest absolute Gasteiger partial charge is 0.0745 e. The molecule has 2 nitrogen and oxygen atoms in total. The third kappa shape index (κ3) is 3.36. The molecule has 0 aliphatic rings. The van der Waals surface area contributed by atoms with Crippen molar-refractivity contribution in [2.75, 3.05) is 12.5 Å². The predicted octanol–water partition coefficient (Wildman–Crippen LogP) is 3.01. The highest BCUT2D eigenvalue weighted by molar-refractivity contribution is 7.92. The SMILES string of the molecule is Cc1ccc(N=S(C)(C)=O)cc1Cl. The molecule has 0 aliphatic heterocycles. The van der Waals surface area contributed by atoms with Crippen molar-refractivity contribution < 1.29 is 4.21 Å². The Morgan fingerprint density at radius 1 is 1.38 bits per heavy atom. The second kappa shape index (κ2) is 3.68. The van der Waals surface area contributed by atoms with Gasteiger partial charge in [0.15, 0.2) is 0 Å². The van der Waals surface area contributed by atoms with Gasteiger partial charge in [-0.1, -0.05) is 17.7 Å². The minimum Gasteiger partial charge on any atom is -0.250 e. The average Bonchev–Trinajstić information content (AvgIpc) is 1.94. The van der Waals surface area contributed by atoms with E-state index in [2.05, 4.69) is 4.36 Å². The Bertz CT molecular complexity index is 425. The molecule has 4 heteroatoms. The van der Waals surface area contributed by atoms with Crippen LogP contribution in [0, 0.1) is 6.92 Å². The lowest BCUT2D eigenvalue weighted by Gasteiger charge is -1.99. The van der Waals surface area contributed by atoms with E-state index in [0.29, 0.717) is 10.7 Å². The van der Waals surface area contributed by atoms with E-state index in [0.717, 1.165) is 5.56 Å². The van der Waals surface area contributed by atoms with E-state index in [1.54, 1.807) is 18.6 Å². The molecule has 0 spiro atoms. The summed E-state index contributed by atoms with van der Waals surface area (Å²) >= 11 is 5.89. The van der Waals surface area contributed by atoms with E-state index in [1.807, 2.05) is 19.1 Å². The van der Waals surface area contributed by atoms with Gasteiger partial charge >= 0.3 is 0 Å². The first-order valence-electron chi connectivity index (χ1n) is 3.82. The largest absolute Gasteiger partial charge is 0.250 e. The summed E-state index contributed by atoms with van der Waals surface area (Å²) in [5, 5.41) is 0.657. The molecule has 0 saturated carbocycles. The molecule has 13 heavy (non-hydrogen) atoms. The molecule has 0 saturated heterocycles. The van der Waals surface area contributed by atoms with Gasteiger partial charge in [-0.2, -0.15) is 4.36 Å². The van der Waals surface area contributed by atoms with E-state index >= 15 is 0 Å². The molecule has 1 aromatic rings. The van der Waals surface area contributed by atoms with Crippen molar-refractivity contribution in [3.63, 3.8) is 0 Å². The highest BCUT2D eigenvalue weighted by atomic mass is 35.5. The van der Waals surface area contributed by atoms with Crippen LogP contribution in [0.1, 0.15) is 5.56 Å². The molecule has 0 heterocycles. The minimum atomic E-state index is -2.09. The molecule has 0 fully saturated rings. The molecule has 0 radical (unpaired) electrons. The summed E-state index contributed by atoms with van der Waals surface area (Å²) in [6.45, 7) is 1.92. The number of hydrogen-bond acceptors (Lipinski definition) is 2. The van der Waals surface area contributed by atoms with Gasteiger partial charge in [0.25, 0.3) is 0 Å². The highest BCUT2D eigenvalue weighted by Crippen LogP contribution is 2.22. The molecular formula is C9H12ClNOS. The summed E-state index contributed by atoms with van der Waals surface area (Å²) in [4.78, 5) is 0. The quantitative estimate of drug-likeness (QED) is 0.711. The van der Waals surface area contributed by atoms with E-state index in [4.69, 9.17) is 11.6 Å². The van der Waals surface area contributed by atoms with Crippen LogP contribution in [0.4, 0.5) is 5.69 Å². The van der Waals surface area contributed by atoms with Gasteiger partial charge in [0.2, 0.25) is 0 Å². The summed E-state index contributed by atoms with van der Waals surface area (Å²) in [5.74, 6) is 0. The standard InChI is InChI=1S/C9H12ClNOS/c1-7-4-5-8(6-9(7)10)11-13(2,3)12/h4-6H,1-3H3. The predicted molar refractivity (Wildman–Crippen MR) is 58.3 cm³/mol. The highest BCUT2D eigenvalue weighted by Gasteiger charge is 1.97. The Balaban J connectivity index is 3.21. The summed E-state index contributed by atoms with van der Waals surface area (Å²) in [7, 11) is -2.09. The molecule has 0 amide bonds. The first-order chi connectivity index (χ1) is 5.88. The van der Waals surface area contributed by atoms with Crippen molar-refractivity contribution in [2.45, 2.75) is 6.92 Å². The van der Waals surface area contributed by atoms with E-state index in [1.165, 1.54) is 0 Å². The van der Waals surface area contributed by atoms with E-state index in [9.17, 15) is 4.21 Å². The lowest BCUT2D eigenvalue weighted by molar-refractivity contribution is 0.684. The maximum Gasteiger partial charge on any atom is 0.0745 e. The third-order valence-corrected chi connectivity index (χ3v) is 2.54. The number of nitrogens with zero attached hydrogens (tertiary/aromatic N) is 1. The Hall–Kier alpha value is -0.540. The van der Waals surface area contributed by atoms with Gasteiger partial charge in [0.1, 0.15) is 0 Å². The number of hydrogen-bond donors (Lipinski definition) is 0. The van der Waals surface area contributed by atoms with Gasteiger partial charge in [-0.3, -0.25) is 0 Å². The van der Waals surface area contributed by atoms with Crippen LogP contribution < -0.4 is 0 Å². The van der Waals surface area contributed by atoms with Crippen LogP contribution in [0.25, 0.3) is 0 Å². The first kappa shape index (κ1) is 10.5. The molecule has 0 aromatic heterocycles. The zero-order valence-corrected chi connectivity index (χ0v) is 9.45. The number of aryl methyl sites for hydroxylation is 1. The van der Waals surface area contributed by atoms with Crippen LogP contribution in [0.5, 0.6) is 0 Å². The van der Waals surface area contributed by atoms with Crippen LogP contribution in [-0.2, 0) is 9.73 Å². The summed E-state index contributed by atoms with van der Waals surface area (Å²) in [5.41, 5.74) is 1.67. The lowest BCUT2D eigenvalue weighted by Crippen LogP contribution is -1.88. The van der Waals surface area contributed by atoms with Crippen LogP contribution in [0.3, 0.4) is 0 Å². The van der Waals surface area contributed by atoms with Crippen LogP contribution in [-0.4, -0.2) is 16.7 Å². The summed E-state index contributed by atoms with van der Waals surface area (Å²) in [6.07, 6.45) is 3.20. The Kier molecular flexibility index (Phi) is 2.98. The maximum absolute atomic E-state index is 11.3. The first-order valence-corrected chi connectivity index (χ1v) is 6.53. The van der Waals surface area contributed by atoms with Crippen molar-refractivity contribution in [3.05, 3.63) is 28.8 Å². The summed E-state index contributed by atoms with van der Waals surface area (Å²) < 4.78 is 15.4. The Labute approximate surface area is 84.1 Å². The van der Waals surface area contributed by atoms with Crippen LogP contribution >= 0.6 is 11.6 Å². The number of rotatable bonds is 1. The molecule has 0 atom stereocenters. The van der Waals surface area contributed by atoms with Crippen molar-refractivity contribution in [1.29, 1.82) is 0 Å². The van der Waals surface area contributed by atoms with Crippen molar-refractivity contribution in [1.82, 2.24) is 0 Å². The average molecular weight is 218 g/mol. The molecule has 0 N–H and O–H groups in total. The molecular weight excluding hydrogens is 206 g/mol. The maximum atomic E-state index is 11.3. The van der Waals surface area contributed by atoms with Crippen molar-refractivity contribution >= 4 is 27.0 Å². The molecule has 1 rings (SSSR count). The molecule has 0 aliphatic carbocycles. The topological polar surface area (TPSA) is 29.4 Å². The van der Waals surface area contributed by atoms with Crippen LogP contribution in [0.2, 0.25) is 5.02 Å². The van der Waals surface area contributed by atoms with Gasteiger partial charge in [0.05, 0.1) is 5.69 Å². The van der Waals surface area contributed by atoms with Gasteiger partial charge in [-0.05, 0) is 24.6 Å². The lowest BCUT2D eigenvalue weighted by atomic mass is 10.2. The normalized spacial score (nSPS) is 11.4. The summed E-state index contributed by atoms with van der Waals surface area (Å²) in [6, 6.07) is 5.41. The molecule has 0 unspecified atom stereocenters. The van der Waals surface area contributed by atoms with E-state index in [-0.39, 0.29) is 0 Å². The Morgan fingerprint density at radius 3 is 2.46 bits per heavy atom. The zero-order valence-electron chi connectivity index (χ0n) is 7.87. The molecule has 72 valence electrons. The van der Waals surface area contributed by atoms with E-state index < -0.39 is 9.73 Å². The fraction of sp³-hybridized carbons (Fsp3) is 0.333. The fourth-order valence-corrected chi connectivity index (χ4v) is 1.69. The molecule has 0 bridgehead atoms. The van der Waals surface area contributed by atoms with Gasteiger partial charge in [0, 0.05) is 27.3 Å². The van der Waals surface area contributed by atoms with Gasteiger partial charge < -0.3 is 0 Å². The Morgan fingerprint density at radius 2 is 2.00 bits per heavy atom. The minimum absolute atomic E-state index is 0.657. The number of benzene rings is 1. The monoisotopic (exact) mass is 217 g/mol. The van der Waals surface area contributed by atoms with Gasteiger partial charge in [-0.15, -0.1) is 0 Å². The van der Waals surface area contributed by atoms with Crippen LogP contribution in [0.15, 0.2) is 22.6 Å². The zero-order chi connectivity index (χ0) is 10.1. The van der Waals surface area contributed by atoms with Crippen molar-refractivity contribution in [3.8, 4) is 0 Å². The van der Waals surface area contributed by atoms with Gasteiger partial charge in [-0.25, -0.2) is 4.21 Å².